The van der Waals surface area contributed by atoms with Crippen LogP contribution in [-0.4, -0.2) is 68.6 Å². The minimum atomic E-state index is -1.18. The summed E-state index contributed by atoms with van der Waals surface area (Å²) in [6.45, 7) is 0. The van der Waals surface area contributed by atoms with Crippen LogP contribution >= 0.6 is 23.5 Å². The summed E-state index contributed by atoms with van der Waals surface area (Å²) < 4.78 is 0. The molecule has 0 rings (SSSR count). The molecule has 9 heteroatoms. The van der Waals surface area contributed by atoms with Crippen molar-refractivity contribution in [2.24, 2.45) is 0 Å². The molecule has 0 spiro atoms. The van der Waals surface area contributed by atoms with E-state index in [4.69, 9.17) is 20.4 Å². The van der Waals surface area contributed by atoms with Crippen molar-refractivity contribution in [2.75, 3.05) is 24.0 Å². The van der Waals surface area contributed by atoms with E-state index >= 15 is 0 Å². The monoisotopic (exact) mass is 364 g/mol. The van der Waals surface area contributed by atoms with Gasteiger partial charge in [0.15, 0.2) is 12.2 Å². The molecule has 0 aromatic heterocycles. The van der Waals surface area contributed by atoms with Crippen LogP contribution in [0.5, 0.6) is 0 Å². The SMILES string of the molecule is CSCC[C@H](O)C(=O)O.CSCC[C@H](O)C(=O)O.[Zn]. The largest absolute Gasteiger partial charge is 0.479 e. The smallest absolute Gasteiger partial charge is 0.332 e. The van der Waals surface area contributed by atoms with Crippen molar-refractivity contribution in [3.05, 3.63) is 0 Å². The first-order valence-electron chi connectivity index (χ1n) is 5.16. The Morgan fingerprint density at radius 2 is 1.16 bits per heavy atom. The van der Waals surface area contributed by atoms with Crippen LogP contribution in [0.15, 0.2) is 0 Å². The molecule has 6 nitrogen and oxygen atoms in total. The summed E-state index contributed by atoms with van der Waals surface area (Å²) in [5, 5.41) is 33.6. The van der Waals surface area contributed by atoms with Gasteiger partial charge in [-0.05, 0) is 36.9 Å². The molecule has 0 saturated heterocycles. The number of rotatable bonds is 8. The minimum absolute atomic E-state index is 0. The third-order valence-electron chi connectivity index (χ3n) is 1.76. The van der Waals surface area contributed by atoms with Gasteiger partial charge in [0.2, 0.25) is 0 Å². The van der Waals surface area contributed by atoms with Crippen LogP contribution in [0.3, 0.4) is 0 Å². The Balaban J connectivity index is -0.000000256. The number of aliphatic carboxylic acids is 2. The molecule has 0 bridgehead atoms. The summed E-state index contributed by atoms with van der Waals surface area (Å²) in [7, 11) is 0. The molecule has 0 aromatic carbocycles. The van der Waals surface area contributed by atoms with Gasteiger partial charge in [0.1, 0.15) is 0 Å². The van der Waals surface area contributed by atoms with Gasteiger partial charge >= 0.3 is 11.9 Å². The summed E-state index contributed by atoms with van der Waals surface area (Å²) in [6, 6.07) is 0. The molecule has 0 radical (unpaired) electrons. The molecular formula is C10H20O6S2Zn. The number of aliphatic hydroxyl groups is 2. The Labute approximate surface area is 134 Å². The number of aliphatic hydroxyl groups excluding tert-OH is 2. The predicted octanol–water partition coefficient (Wildman–Crippen LogP) is 0.368. The van der Waals surface area contributed by atoms with Crippen molar-refractivity contribution in [3.8, 4) is 0 Å². The normalized spacial score (nSPS) is 12.4. The number of hydrogen-bond acceptors (Lipinski definition) is 6. The number of carboxylic acid groups (broad SMARTS) is 2. The van der Waals surface area contributed by atoms with Gasteiger partial charge in [-0.25, -0.2) is 9.59 Å². The number of carboxylic acids is 2. The van der Waals surface area contributed by atoms with E-state index < -0.39 is 24.1 Å². The fourth-order valence-corrected chi connectivity index (χ4v) is 1.62. The van der Waals surface area contributed by atoms with E-state index in [1.165, 1.54) is 23.5 Å². The maximum Gasteiger partial charge on any atom is 0.332 e. The van der Waals surface area contributed by atoms with Crippen LogP contribution in [0.1, 0.15) is 12.8 Å². The maximum absolute atomic E-state index is 9.95. The molecule has 2 atom stereocenters. The van der Waals surface area contributed by atoms with Crippen LogP contribution in [0.25, 0.3) is 0 Å². The van der Waals surface area contributed by atoms with Crippen LogP contribution in [0.4, 0.5) is 0 Å². The van der Waals surface area contributed by atoms with Crippen molar-refractivity contribution in [2.45, 2.75) is 25.0 Å². The van der Waals surface area contributed by atoms with E-state index in [2.05, 4.69) is 0 Å². The zero-order valence-electron chi connectivity index (χ0n) is 11.1. The first-order valence-corrected chi connectivity index (χ1v) is 7.95. The average molecular weight is 366 g/mol. The predicted molar refractivity (Wildman–Crippen MR) is 73.3 cm³/mol. The maximum atomic E-state index is 9.95. The number of carbonyl (C=O) groups is 2. The van der Waals surface area contributed by atoms with Gasteiger partial charge in [-0.15, -0.1) is 0 Å². The Bertz CT molecular complexity index is 218. The average Bonchev–Trinajstić information content (AvgIpc) is 2.33. The van der Waals surface area contributed by atoms with Gasteiger partial charge in [0.25, 0.3) is 0 Å². The van der Waals surface area contributed by atoms with Crippen LogP contribution in [0, 0.1) is 0 Å². The van der Waals surface area contributed by atoms with Crippen molar-refractivity contribution >= 4 is 35.5 Å². The van der Waals surface area contributed by atoms with Crippen molar-refractivity contribution in [1.29, 1.82) is 0 Å². The van der Waals surface area contributed by atoms with Gasteiger partial charge in [-0.2, -0.15) is 23.5 Å². The van der Waals surface area contributed by atoms with Gasteiger partial charge in [-0.1, -0.05) is 0 Å². The van der Waals surface area contributed by atoms with E-state index in [9.17, 15) is 9.59 Å². The molecule has 0 aliphatic rings. The van der Waals surface area contributed by atoms with Crippen LogP contribution in [0.2, 0.25) is 0 Å². The molecule has 0 unspecified atom stereocenters. The van der Waals surface area contributed by atoms with Crippen molar-refractivity contribution in [3.63, 3.8) is 0 Å². The second-order valence-corrected chi connectivity index (χ2v) is 5.24. The molecule has 19 heavy (non-hydrogen) atoms. The van der Waals surface area contributed by atoms with Gasteiger partial charge < -0.3 is 20.4 Å². The number of hydrogen-bond donors (Lipinski definition) is 4. The Hall–Kier alpha value is 0.183. The van der Waals surface area contributed by atoms with E-state index in [1.807, 2.05) is 12.5 Å². The van der Waals surface area contributed by atoms with Crippen molar-refractivity contribution < 1.29 is 49.5 Å². The summed E-state index contributed by atoms with van der Waals surface area (Å²) in [5.74, 6) is -0.894. The van der Waals surface area contributed by atoms with Crippen LogP contribution < -0.4 is 0 Å². The molecular weight excluding hydrogens is 346 g/mol. The fraction of sp³-hybridized carbons (Fsp3) is 0.800. The van der Waals surface area contributed by atoms with Gasteiger partial charge in [0, 0.05) is 19.5 Å². The van der Waals surface area contributed by atoms with Crippen molar-refractivity contribution in [1.82, 2.24) is 0 Å². The third kappa shape index (κ3) is 18.2. The molecule has 0 amide bonds. The Kier molecular flexibility index (Phi) is 20.7. The van der Waals surface area contributed by atoms with Gasteiger partial charge in [-0.3, -0.25) is 0 Å². The summed E-state index contributed by atoms with van der Waals surface area (Å²) in [4.78, 5) is 19.9. The zero-order chi connectivity index (χ0) is 14.6. The molecule has 110 valence electrons. The Morgan fingerprint density at radius 3 is 1.32 bits per heavy atom. The molecule has 0 fully saturated rings. The quantitative estimate of drug-likeness (QED) is 0.456. The zero-order valence-corrected chi connectivity index (χ0v) is 15.7. The van der Waals surface area contributed by atoms with Gasteiger partial charge in [0.05, 0.1) is 0 Å². The van der Waals surface area contributed by atoms with E-state index in [1.54, 1.807) is 0 Å². The molecule has 0 heterocycles. The molecule has 4 N–H and O–H groups in total. The van der Waals surface area contributed by atoms with E-state index in [0.717, 1.165) is 0 Å². The third-order valence-corrected chi connectivity index (χ3v) is 3.05. The summed E-state index contributed by atoms with van der Waals surface area (Å²) in [5.41, 5.74) is 0. The minimum Gasteiger partial charge on any atom is -0.479 e. The molecule has 0 aliphatic heterocycles. The molecule has 0 saturated carbocycles. The van der Waals surface area contributed by atoms with Crippen LogP contribution in [-0.2, 0) is 29.1 Å². The van der Waals surface area contributed by atoms with E-state index in [0.29, 0.717) is 24.3 Å². The first-order chi connectivity index (χ1) is 8.36. The summed E-state index contributed by atoms with van der Waals surface area (Å²) >= 11 is 3.05. The molecule has 0 aromatic rings. The molecule has 0 aliphatic carbocycles. The Morgan fingerprint density at radius 1 is 0.895 bits per heavy atom. The summed E-state index contributed by atoms with van der Waals surface area (Å²) in [6.07, 6.45) is 2.03. The van der Waals surface area contributed by atoms with E-state index in [-0.39, 0.29) is 19.5 Å². The first kappa shape index (κ1) is 24.2. The standard InChI is InChI=1S/2C5H10O3S.Zn/c2*1-9-3-2-4(6)5(7)8;/h2*4,6H,2-3H2,1H3,(H,7,8);/t2*4-;/m00./s1. The number of thioether (sulfide) groups is 2. The second-order valence-electron chi connectivity index (χ2n) is 3.27. The second kappa shape index (κ2) is 16.2. The fourth-order valence-electron chi connectivity index (χ4n) is 0.706. The topological polar surface area (TPSA) is 115 Å².